The van der Waals surface area contributed by atoms with Crippen molar-refractivity contribution in [2.24, 2.45) is 0 Å². The van der Waals surface area contributed by atoms with Crippen molar-refractivity contribution in [3.63, 3.8) is 0 Å². The molecule has 3 rings (SSSR count). The van der Waals surface area contributed by atoms with Crippen molar-refractivity contribution in [3.05, 3.63) is 64.7 Å². The van der Waals surface area contributed by atoms with E-state index in [9.17, 15) is 14.4 Å². The van der Waals surface area contributed by atoms with Crippen LogP contribution in [-0.2, 0) is 25.7 Å². The van der Waals surface area contributed by atoms with Crippen molar-refractivity contribution in [1.29, 1.82) is 0 Å². The molecule has 0 aliphatic carbocycles. The Balaban J connectivity index is 1.86. The highest BCUT2D eigenvalue weighted by molar-refractivity contribution is 6.12. The Morgan fingerprint density at radius 2 is 1.92 bits per heavy atom. The van der Waals surface area contributed by atoms with Crippen LogP contribution in [0.2, 0.25) is 0 Å². The average Bonchev–Trinajstić information content (AvgIpc) is 2.82. The number of ether oxygens (including phenoxy) is 3. The molecule has 0 saturated heterocycles. The van der Waals surface area contributed by atoms with E-state index in [2.05, 4.69) is 4.74 Å². The van der Waals surface area contributed by atoms with Crippen LogP contribution >= 0.6 is 0 Å². The number of esters is 2. The van der Waals surface area contributed by atoms with E-state index in [1.165, 1.54) is 7.11 Å². The van der Waals surface area contributed by atoms with Gasteiger partial charge in [-0.3, -0.25) is 9.59 Å². The molecule has 0 spiro atoms. The monoisotopic (exact) mass is 354 g/mol. The summed E-state index contributed by atoms with van der Waals surface area (Å²) >= 11 is 0. The van der Waals surface area contributed by atoms with Gasteiger partial charge in [-0.2, -0.15) is 0 Å². The topological polar surface area (TPSA) is 78.9 Å². The summed E-state index contributed by atoms with van der Waals surface area (Å²) < 4.78 is 15.1. The van der Waals surface area contributed by atoms with Gasteiger partial charge in [0.25, 0.3) is 0 Å². The Morgan fingerprint density at radius 3 is 2.69 bits per heavy atom. The van der Waals surface area contributed by atoms with Crippen LogP contribution in [0.3, 0.4) is 0 Å². The first-order chi connectivity index (χ1) is 12.5. The molecule has 0 fully saturated rings. The highest BCUT2D eigenvalue weighted by Gasteiger charge is 2.25. The summed E-state index contributed by atoms with van der Waals surface area (Å²) in [7, 11) is 1.22. The van der Waals surface area contributed by atoms with Gasteiger partial charge < -0.3 is 14.2 Å². The third-order valence-corrected chi connectivity index (χ3v) is 4.31. The first-order valence-corrected chi connectivity index (χ1v) is 8.14. The molecule has 1 atom stereocenters. The van der Waals surface area contributed by atoms with Crippen LogP contribution in [0.4, 0.5) is 0 Å². The molecule has 1 heterocycles. The largest absolute Gasteiger partial charge is 0.488 e. The third-order valence-electron chi connectivity index (χ3n) is 4.31. The van der Waals surface area contributed by atoms with Crippen molar-refractivity contribution in [2.45, 2.75) is 19.4 Å². The zero-order chi connectivity index (χ0) is 18.7. The maximum atomic E-state index is 12.9. The second kappa shape index (κ2) is 7.39. The minimum atomic E-state index is -0.642. The van der Waals surface area contributed by atoms with Crippen molar-refractivity contribution in [1.82, 2.24) is 0 Å². The molecule has 1 aliphatic rings. The van der Waals surface area contributed by atoms with E-state index < -0.39 is 24.5 Å². The summed E-state index contributed by atoms with van der Waals surface area (Å²) in [6, 6.07) is 12.3. The summed E-state index contributed by atoms with van der Waals surface area (Å²) in [6.45, 7) is 1.52. The van der Waals surface area contributed by atoms with E-state index in [1.807, 2.05) is 12.1 Å². The Hall–Kier alpha value is -3.15. The van der Waals surface area contributed by atoms with Gasteiger partial charge in [-0.15, -0.1) is 0 Å². The number of benzene rings is 2. The van der Waals surface area contributed by atoms with E-state index in [-0.39, 0.29) is 5.78 Å². The van der Waals surface area contributed by atoms with E-state index in [0.717, 1.165) is 5.56 Å². The van der Waals surface area contributed by atoms with E-state index in [0.29, 0.717) is 29.0 Å². The number of rotatable bonds is 4. The molecule has 1 unspecified atom stereocenters. The predicted octanol–water partition coefficient (Wildman–Crippen LogP) is 2.63. The smallest absolute Gasteiger partial charge is 0.344 e. The summed E-state index contributed by atoms with van der Waals surface area (Å²) in [5, 5.41) is 0. The fraction of sp³-hybridized carbons (Fsp3) is 0.250. The number of hydrogen-bond acceptors (Lipinski definition) is 6. The fourth-order valence-corrected chi connectivity index (χ4v) is 2.74. The molecular formula is C20H18O6. The average molecular weight is 354 g/mol. The van der Waals surface area contributed by atoms with Crippen LogP contribution < -0.4 is 4.74 Å². The summed E-state index contributed by atoms with van der Waals surface area (Å²) in [5.74, 6) is -1.52. The van der Waals surface area contributed by atoms with Gasteiger partial charge in [-0.05, 0) is 24.6 Å². The first-order valence-electron chi connectivity index (χ1n) is 8.14. The van der Waals surface area contributed by atoms with Gasteiger partial charge in [0.15, 0.2) is 12.4 Å². The molecule has 0 bridgehead atoms. The first kappa shape index (κ1) is 17.7. The van der Waals surface area contributed by atoms with Crippen molar-refractivity contribution < 1.29 is 28.6 Å². The van der Waals surface area contributed by atoms with Gasteiger partial charge >= 0.3 is 11.9 Å². The molecular weight excluding hydrogens is 336 g/mol. The predicted molar refractivity (Wildman–Crippen MR) is 92.0 cm³/mol. The molecule has 0 saturated carbocycles. The van der Waals surface area contributed by atoms with Crippen LogP contribution in [0.5, 0.6) is 5.75 Å². The van der Waals surface area contributed by atoms with Gasteiger partial charge in [-0.1, -0.05) is 30.3 Å². The molecule has 134 valence electrons. The molecule has 0 radical (unpaired) electrons. The maximum Gasteiger partial charge on any atom is 0.344 e. The molecule has 0 N–H and O–H groups in total. The van der Waals surface area contributed by atoms with Gasteiger partial charge in [0.05, 0.1) is 18.6 Å². The lowest BCUT2D eigenvalue weighted by atomic mass is 9.94. The minimum Gasteiger partial charge on any atom is -0.488 e. The van der Waals surface area contributed by atoms with E-state index in [1.54, 1.807) is 37.3 Å². The van der Waals surface area contributed by atoms with Crippen LogP contribution in [-0.4, -0.2) is 31.4 Å². The lowest BCUT2D eigenvalue weighted by Gasteiger charge is -2.14. The second-order valence-corrected chi connectivity index (χ2v) is 5.94. The third kappa shape index (κ3) is 3.44. The Morgan fingerprint density at radius 1 is 1.15 bits per heavy atom. The van der Waals surface area contributed by atoms with Gasteiger partial charge in [-0.25, -0.2) is 4.79 Å². The standard InChI is InChI=1S/C20H18O6/c1-12(20(23)26-11-18(21)24-2)13-7-8-17-16(9-13)19(22)15-6-4-3-5-14(15)10-25-17/h3-9,12H,10-11H2,1-2H3. The fourth-order valence-electron chi connectivity index (χ4n) is 2.74. The summed E-state index contributed by atoms with van der Waals surface area (Å²) in [6.07, 6.45) is 0. The van der Waals surface area contributed by atoms with Gasteiger partial charge in [0.2, 0.25) is 0 Å². The van der Waals surface area contributed by atoms with E-state index >= 15 is 0 Å². The quantitative estimate of drug-likeness (QED) is 0.786. The maximum absolute atomic E-state index is 12.9. The number of ketones is 1. The second-order valence-electron chi connectivity index (χ2n) is 5.94. The molecule has 6 heteroatoms. The molecule has 0 amide bonds. The van der Waals surface area contributed by atoms with Crippen molar-refractivity contribution in [2.75, 3.05) is 13.7 Å². The molecule has 0 aromatic heterocycles. The van der Waals surface area contributed by atoms with Crippen LogP contribution in [0.25, 0.3) is 0 Å². The Bertz CT molecular complexity index is 870. The number of hydrogen-bond donors (Lipinski definition) is 0. The van der Waals surface area contributed by atoms with Gasteiger partial charge in [0.1, 0.15) is 12.4 Å². The van der Waals surface area contributed by atoms with Crippen LogP contribution in [0.1, 0.15) is 39.9 Å². The lowest BCUT2D eigenvalue weighted by Crippen LogP contribution is -2.19. The SMILES string of the molecule is COC(=O)COC(=O)C(C)c1ccc2c(c1)C(=O)c1ccccc1CO2. The minimum absolute atomic E-state index is 0.148. The number of carbonyl (C=O) groups is 3. The molecule has 1 aliphatic heterocycles. The van der Waals surface area contributed by atoms with Crippen LogP contribution in [0.15, 0.2) is 42.5 Å². The molecule has 2 aromatic carbocycles. The molecule has 6 nitrogen and oxygen atoms in total. The molecule has 2 aromatic rings. The van der Waals surface area contributed by atoms with Gasteiger partial charge in [0, 0.05) is 11.1 Å². The number of carbonyl (C=O) groups excluding carboxylic acids is 3. The lowest BCUT2D eigenvalue weighted by molar-refractivity contribution is -0.157. The zero-order valence-corrected chi connectivity index (χ0v) is 14.5. The highest BCUT2D eigenvalue weighted by atomic mass is 16.6. The summed E-state index contributed by atoms with van der Waals surface area (Å²) in [4.78, 5) is 36.1. The van der Waals surface area contributed by atoms with Crippen molar-refractivity contribution in [3.8, 4) is 5.75 Å². The number of methoxy groups -OCH3 is 1. The highest BCUT2D eigenvalue weighted by Crippen LogP contribution is 2.31. The molecule has 26 heavy (non-hydrogen) atoms. The van der Waals surface area contributed by atoms with Crippen molar-refractivity contribution >= 4 is 17.7 Å². The van der Waals surface area contributed by atoms with E-state index in [4.69, 9.17) is 9.47 Å². The zero-order valence-electron chi connectivity index (χ0n) is 14.5. The Labute approximate surface area is 150 Å². The summed E-state index contributed by atoms with van der Waals surface area (Å²) in [5.41, 5.74) is 2.42. The number of fused-ring (bicyclic) bond motifs is 2. The normalized spacial score (nSPS) is 13.5. The Kier molecular flexibility index (Phi) is 5.02. The van der Waals surface area contributed by atoms with Crippen LogP contribution in [0, 0.1) is 0 Å².